The Morgan fingerprint density at radius 1 is 0.339 bits per heavy atom. The van der Waals surface area contributed by atoms with Gasteiger partial charge >= 0.3 is 23.9 Å². The van der Waals surface area contributed by atoms with E-state index in [4.69, 9.17) is 45.6 Å². The van der Waals surface area contributed by atoms with Crippen LogP contribution in [0.4, 0.5) is 17.1 Å². The molecule has 0 unspecified atom stereocenters. The Kier molecular flexibility index (Phi) is 21.1. The van der Waals surface area contributed by atoms with Gasteiger partial charge in [-0.3, -0.25) is 52.3 Å². The van der Waals surface area contributed by atoms with Gasteiger partial charge in [-0.15, -0.1) is 22.7 Å². The summed E-state index contributed by atoms with van der Waals surface area (Å²) in [6.07, 6.45) is 4.15. The molecule has 0 bridgehead atoms. The summed E-state index contributed by atoms with van der Waals surface area (Å²) in [7, 11) is 0. The van der Waals surface area contributed by atoms with E-state index in [0.29, 0.717) is 27.3 Å². The van der Waals surface area contributed by atoms with Crippen molar-refractivity contribution in [1.29, 1.82) is 0 Å². The highest BCUT2D eigenvalue weighted by Gasteiger charge is 2.36. The highest BCUT2D eigenvalue weighted by Crippen LogP contribution is 2.48. The average molecular weight is 1610 g/mol. The first-order chi connectivity index (χ1) is 57.0. The smallest absolute Gasteiger partial charge is 0.330 e. The number of aromatic hydroxyl groups is 1. The van der Waals surface area contributed by atoms with Gasteiger partial charge in [0.25, 0.3) is 22.2 Å². The minimum Gasteiger partial charge on any atom is -0.507 e. The number of carbonyl (C=O) groups excluding carboxylic acids is 6. The fourth-order valence-electron chi connectivity index (χ4n) is 15.0. The average Bonchev–Trinajstić information content (AvgIpc) is 1.13. The number of nitrogens with two attached hydrogens (primary N) is 3. The summed E-state index contributed by atoms with van der Waals surface area (Å²) in [6.45, 7) is 12.9. The van der Waals surface area contributed by atoms with Crippen molar-refractivity contribution in [3.05, 3.63) is 315 Å². The molecule has 17 aromatic rings. The molecule has 0 atom stereocenters. The van der Waals surface area contributed by atoms with E-state index < -0.39 is 63.2 Å². The van der Waals surface area contributed by atoms with Crippen LogP contribution in [0.1, 0.15) is 31.8 Å². The Morgan fingerprint density at radius 3 is 1.25 bits per heavy atom. The van der Waals surface area contributed by atoms with Crippen molar-refractivity contribution in [3.8, 4) is 17.2 Å². The van der Waals surface area contributed by atoms with Crippen LogP contribution in [0.15, 0.2) is 254 Å². The van der Waals surface area contributed by atoms with Gasteiger partial charge in [0.15, 0.2) is 27.9 Å². The Bertz CT molecular complexity index is 7540. The van der Waals surface area contributed by atoms with Crippen molar-refractivity contribution in [2.75, 3.05) is 56.8 Å². The first-order valence-electron chi connectivity index (χ1n) is 36.4. The lowest BCUT2D eigenvalue weighted by molar-refractivity contribution is -0.139. The summed E-state index contributed by atoms with van der Waals surface area (Å²) in [5, 5.41) is 22.0. The molecule has 0 spiro atoms. The van der Waals surface area contributed by atoms with Gasteiger partial charge in [-0.05, 0) is 74.8 Å². The van der Waals surface area contributed by atoms with Crippen LogP contribution in [-0.4, -0.2) is 89.3 Å². The molecule has 18 rings (SSSR count). The van der Waals surface area contributed by atoms with Gasteiger partial charge in [0.05, 0.1) is 67.5 Å². The number of nitrogen functional groups attached to an aromatic ring is 3. The summed E-state index contributed by atoms with van der Waals surface area (Å²) < 4.78 is 37.4. The van der Waals surface area contributed by atoms with E-state index in [1.807, 2.05) is 78.9 Å². The number of hydrogen-bond donors (Lipinski definition) is 4. The first-order valence-corrected chi connectivity index (χ1v) is 38.0. The van der Waals surface area contributed by atoms with Crippen molar-refractivity contribution >= 4 is 202 Å². The Morgan fingerprint density at radius 2 is 0.737 bits per heavy atom. The lowest BCUT2D eigenvalue weighted by Gasteiger charge is -2.21. The van der Waals surface area contributed by atoms with E-state index in [0.717, 1.165) is 106 Å². The third-order valence-electron chi connectivity index (χ3n) is 20.3. The summed E-state index contributed by atoms with van der Waals surface area (Å²) in [5.74, 6) is -2.99. The lowest BCUT2D eigenvalue weighted by atomic mass is 9.82. The molecule has 0 saturated heterocycles. The molecule has 584 valence electrons. The number of rotatable bonds is 18. The predicted molar refractivity (Wildman–Crippen MR) is 460 cm³/mol. The molecule has 27 heteroatoms. The van der Waals surface area contributed by atoms with E-state index >= 15 is 0 Å². The highest BCUT2D eigenvalue weighted by molar-refractivity contribution is 7.25. The van der Waals surface area contributed by atoms with E-state index in [9.17, 15) is 67.4 Å². The van der Waals surface area contributed by atoms with Gasteiger partial charge < -0.3 is 50.7 Å². The van der Waals surface area contributed by atoms with Crippen LogP contribution in [-0.2, 0) is 51.2 Å². The lowest BCUT2D eigenvalue weighted by Crippen LogP contribution is -2.35. The molecule has 25 nitrogen and oxygen atoms in total. The number of phenolic OH excluding ortho intramolecular Hbond substituents is 1. The van der Waals surface area contributed by atoms with Crippen molar-refractivity contribution in [2.45, 2.75) is 13.1 Å². The molecule has 0 saturated carbocycles. The fraction of sp³-hybridized carbons (Fsp3) is 0.0879. The first kappa shape index (κ1) is 77.9. The molecule has 0 fully saturated rings. The van der Waals surface area contributed by atoms with Crippen LogP contribution in [0.25, 0.3) is 127 Å². The molecule has 1 aliphatic carbocycles. The Labute approximate surface area is 671 Å². The zero-order chi connectivity index (χ0) is 83.2. The van der Waals surface area contributed by atoms with Gasteiger partial charge in [0.2, 0.25) is 0 Å². The number of phenols is 1. The fourth-order valence-corrected chi connectivity index (χ4v) is 17.3. The molecule has 1 aliphatic rings. The molecule has 7 N–H and O–H groups in total. The van der Waals surface area contributed by atoms with Crippen molar-refractivity contribution in [1.82, 2.24) is 9.13 Å². The van der Waals surface area contributed by atoms with E-state index in [2.05, 4.69) is 50.6 Å². The number of pyridine rings is 1. The number of anilines is 3. The molecular formula is C91H63N5O20S2. The number of benzene rings is 13. The normalized spacial score (nSPS) is 11.7. The van der Waals surface area contributed by atoms with Crippen molar-refractivity contribution in [3.63, 3.8) is 0 Å². The van der Waals surface area contributed by atoms with E-state index in [-0.39, 0.29) is 147 Å². The second kappa shape index (κ2) is 31.9. The molecule has 4 heterocycles. The SMILES string of the molecule is C=CC(=O)OCCOc1cc(O)c2c(c1N)C(=O)c1ccccc1C2=O.C=CC(=O)OCCOc1cc2c3ccccc3c(=O)c3ccc4c5ccccc5sc1c4c32.C=CC(=O)OCCn1c(=O)c2c(N)c3c(=O)c4ccccc4c(=O)c3c(N)c2c1=O.C=CC(=O)OCCn1c(=O)c2ccc3sc4ccccc4c4ccc(c1=O)c2c34. The molecule has 118 heavy (non-hydrogen) atoms. The molecule has 0 amide bonds. The minimum atomic E-state index is -0.782. The number of nitrogens with zero attached hydrogens (tertiary/aromatic N) is 2. The molecule has 13 aromatic carbocycles. The number of carbonyl (C=O) groups is 6. The van der Waals surface area contributed by atoms with Gasteiger partial charge in [0.1, 0.15) is 56.9 Å². The second-order valence-electron chi connectivity index (χ2n) is 26.8. The maximum Gasteiger partial charge on any atom is 0.330 e. The van der Waals surface area contributed by atoms with Crippen LogP contribution < -0.4 is 65.2 Å². The van der Waals surface area contributed by atoms with Crippen molar-refractivity contribution < 1.29 is 62.3 Å². The summed E-state index contributed by atoms with van der Waals surface area (Å²) in [6, 6.07) is 51.2. The Hall–Kier alpha value is -15.4. The number of ketones is 2. The zero-order valence-corrected chi connectivity index (χ0v) is 63.7. The second-order valence-corrected chi connectivity index (χ2v) is 28.9. The van der Waals surface area contributed by atoms with Crippen LogP contribution in [0.5, 0.6) is 17.2 Å². The minimum absolute atomic E-state index is 0.000728. The summed E-state index contributed by atoms with van der Waals surface area (Å²) >= 11 is 3.29. The maximum absolute atomic E-state index is 13.4. The van der Waals surface area contributed by atoms with Crippen LogP contribution >= 0.6 is 22.7 Å². The third kappa shape index (κ3) is 13.4. The van der Waals surface area contributed by atoms with Gasteiger partial charge in [-0.1, -0.05) is 148 Å². The van der Waals surface area contributed by atoms with Crippen LogP contribution in [0.2, 0.25) is 0 Å². The van der Waals surface area contributed by atoms with Crippen LogP contribution in [0.3, 0.4) is 0 Å². The number of aromatic nitrogens is 2. The highest BCUT2D eigenvalue weighted by atomic mass is 32.1. The maximum atomic E-state index is 13.4. The van der Waals surface area contributed by atoms with Crippen LogP contribution in [0, 0.1) is 0 Å². The number of fused-ring (bicyclic) bond motifs is 11. The van der Waals surface area contributed by atoms with Gasteiger partial charge in [0, 0.05) is 109 Å². The predicted octanol–water partition coefficient (Wildman–Crippen LogP) is 12.5. The molecular weight excluding hydrogens is 1550 g/mol. The topological polar surface area (TPSA) is 385 Å². The van der Waals surface area contributed by atoms with Gasteiger partial charge in [-0.25, -0.2) is 19.2 Å². The zero-order valence-electron chi connectivity index (χ0n) is 62.1. The number of esters is 4. The summed E-state index contributed by atoms with van der Waals surface area (Å²) in [5.41, 5.74) is 14.5. The third-order valence-corrected chi connectivity index (χ3v) is 22.6. The van der Waals surface area contributed by atoms with Gasteiger partial charge in [-0.2, -0.15) is 0 Å². The number of hydrogen-bond acceptors (Lipinski definition) is 25. The standard InChI is InChI=1S/C28H18O4S.C23H15NO4S.C21H15N3O6.C19H15NO6/c1-2-24(29)32-14-13-31-22-15-21-16-7-3-4-9-19(16)27(30)20-12-11-18-17-8-5-6-10-23(17)33-28(22)26(18)25(20)21;1-2-19(25)28-12-11-24-22(26)15-8-7-14-13-5-3-4-6-17(13)29-18-10-9-16(23(24)27)20(15)21(14)18;1-2-11(25)30-8-7-24-20(28)14-15(21(24)29)17(23)13-12(16(14)22)18(26)9-5-3-4-6-10(9)19(13)27;1-2-14(22)26-8-7-25-13-9-12(21)15-16(17(13)20)19(24)11-6-4-3-5-10(11)18(15)23/h2-12,15H,1,13-14H2;2-10H,1,11-12H2;2-6H,1,7-8,22-23H2;2-6,9,21H,1,7-8,20H2. The quantitative estimate of drug-likeness (QED) is 0.00713. The van der Waals surface area contributed by atoms with Crippen molar-refractivity contribution in [2.24, 2.45) is 0 Å². The molecule has 0 radical (unpaired) electrons. The van der Waals surface area contributed by atoms with E-state index in [1.165, 1.54) is 30.3 Å². The largest absolute Gasteiger partial charge is 0.507 e. The Balaban J connectivity index is 0.000000124. The monoisotopic (exact) mass is 1610 g/mol. The number of ether oxygens (including phenoxy) is 6. The van der Waals surface area contributed by atoms with E-state index in [1.54, 1.807) is 59.1 Å². The molecule has 0 aliphatic heterocycles. The molecule has 4 aromatic heterocycles. The summed E-state index contributed by atoms with van der Waals surface area (Å²) in [4.78, 5) is 161.